The van der Waals surface area contributed by atoms with Crippen LogP contribution in [0, 0.1) is 0 Å². The largest absolute Gasteiger partial charge is 0.338 e. The Morgan fingerprint density at radius 1 is 0.800 bits per heavy atom. The second-order valence-electron chi connectivity index (χ2n) is 0.320. The highest BCUT2D eigenvalue weighted by molar-refractivity contribution is 7.42. The first-order chi connectivity index (χ1) is 4.73. The van der Waals surface area contributed by atoms with E-state index in [1.165, 1.54) is 0 Å². The Hall–Kier alpha value is -0.470. The molecule has 0 aromatic heterocycles. The molecule has 0 atom stereocenters. The number of hydrogen-bond donors (Lipinski definition) is 3. The minimum absolute atomic E-state index is 2.12. The van der Waals surface area contributed by atoms with Crippen molar-refractivity contribution in [3.05, 3.63) is 39.5 Å². The highest BCUT2D eigenvalue weighted by atomic mass is 31.2. The zero-order valence-electron chi connectivity index (χ0n) is 6.16. The Kier molecular flexibility index (Phi) is 171. The van der Waals surface area contributed by atoms with Crippen molar-refractivity contribution in [3.8, 4) is 0 Å². The first kappa shape index (κ1) is 22.7. The molecule has 0 aliphatic rings. The van der Waals surface area contributed by atoms with Crippen LogP contribution in [-0.4, -0.2) is 9.79 Å². The normalized spacial score (nSPS) is 4.80. The van der Waals surface area contributed by atoms with Gasteiger partial charge in [0.25, 0.3) is 0 Å². The van der Waals surface area contributed by atoms with E-state index in [2.05, 4.69) is 45.0 Å². The van der Waals surface area contributed by atoms with Gasteiger partial charge < -0.3 is 9.79 Å². The van der Waals surface area contributed by atoms with Crippen molar-refractivity contribution in [3.63, 3.8) is 0 Å². The molecule has 0 aliphatic heterocycles. The molecule has 0 aliphatic carbocycles. The lowest BCUT2D eigenvalue weighted by Crippen LogP contribution is -1.78. The average molecular weight is 165 g/mol. The van der Waals surface area contributed by atoms with E-state index >= 15 is 0 Å². The lowest BCUT2D eigenvalue weighted by Gasteiger charge is -1.79. The minimum atomic E-state index is -2.12. The van der Waals surface area contributed by atoms with Crippen LogP contribution in [0.4, 0.5) is 0 Å². The van der Waals surface area contributed by atoms with E-state index < -0.39 is 8.53 Å². The van der Waals surface area contributed by atoms with Crippen LogP contribution in [0.1, 0.15) is 0 Å². The minimum Gasteiger partial charge on any atom is -0.338 e. The predicted octanol–water partition coefficient (Wildman–Crippen LogP) is 1.56. The Labute approximate surface area is 64.2 Å². The summed E-state index contributed by atoms with van der Waals surface area (Å²) in [6.07, 6.45) is 0. The summed E-state index contributed by atoms with van der Waals surface area (Å²) in [6.45, 7) is 18.0. The van der Waals surface area contributed by atoms with Gasteiger partial charge in [-0.3, -0.25) is 5.50 Å². The Morgan fingerprint density at radius 2 is 0.800 bits per heavy atom. The molecular weight excluding hydrogens is 149 g/mol. The number of rotatable bonds is 0. The summed E-state index contributed by atoms with van der Waals surface area (Å²) in [5.41, 5.74) is 4.29. The topological polar surface area (TPSA) is 66.5 Å². The van der Waals surface area contributed by atoms with Crippen LogP contribution in [0.5, 0.6) is 0 Å². The van der Waals surface area contributed by atoms with Crippen LogP contribution >= 0.6 is 8.53 Å². The van der Waals surface area contributed by atoms with Gasteiger partial charge in [0.05, 0.1) is 0 Å². The fourth-order valence-corrected chi connectivity index (χ4v) is 0. The number of nitrogens with two attached hydrogens (primary N) is 1. The standard InChI is InChI=1S/3C2H4.H4NO2P/c3*1-2;1-4(2)3/h3*1-2H2;2-3H,1H2. The molecule has 4 heteroatoms. The monoisotopic (exact) mass is 165 g/mol. The Morgan fingerprint density at radius 3 is 0.800 bits per heavy atom. The quantitative estimate of drug-likeness (QED) is 0.377. The van der Waals surface area contributed by atoms with Crippen LogP contribution in [-0.2, 0) is 0 Å². The van der Waals surface area contributed by atoms with Crippen molar-refractivity contribution < 1.29 is 9.79 Å². The molecule has 62 valence electrons. The van der Waals surface area contributed by atoms with Gasteiger partial charge in [-0.2, -0.15) is 0 Å². The molecule has 0 rings (SSSR count). The van der Waals surface area contributed by atoms with E-state index in [0.717, 1.165) is 0 Å². The molecule has 0 saturated carbocycles. The Balaban J connectivity index is -0.0000000262. The second-order valence-corrected chi connectivity index (χ2v) is 0.961. The van der Waals surface area contributed by atoms with E-state index in [1.807, 2.05) is 0 Å². The summed E-state index contributed by atoms with van der Waals surface area (Å²) in [5.74, 6) is 0. The van der Waals surface area contributed by atoms with Gasteiger partial charge in [-0.15, -0.1) is 39.5 Å². The van der Waals surface area contributed by atoms with Crippen molar-refractivity contribution in [1.29, 1.82) is 0 Å². The van der Waals surface area contributed by atoms with Gasteiger partial charge in [0, 0.05) is 0 Å². The van der Waals surface area contributed by atoms with Gasteiger partial charge in [-0.25, -0.2) is 0 Å². The molecule has 10 heavy (non-hydrogen) atoms. The molecule has 3 nitrogen and oxygen atoms in total. The van der Waals surface area contributed by atoms with Crippen molar-refractivity contribution in [2.24, 2.45) is 5.50 Å². The maximum absolute atomic E-state index is 7.45. The van der Waals surface area contributed by atoms with Crippen LogP contribution in [0.25, 0.3) is 0 Å². The first-order valence-corrected chi connectivity index (χ1v) is 3.47. The number of hydrogen-bond acceptors (Lipinski definition) is 3. The molecule has 0 unspecified atom stereocenters. The fraction of sp³-hybridized carbons (Fsp3) is 0. The molecule has 0 spiro atoms. The van der Waals surface area contributed by atoms with Gasteiger partial charge in [-0.1, -0.05) is 0 Å². The van der Waals surface area contributed by atoms with Gasteiger partial charge in [0.2, 0.25) is 8.53 Å². The summed E-state index contributed by atoms with van der Waals surface area (Å²) >= 11 is 0. The highest BCUT2D eigenvalue weighted by Gasteiger charge is 1.72. The lowest BCUT2D eigenvalue weighted by atomic mass is 11.3. The zero-order valence-corrected chi connectivity index (χ0v) is 7.06. The van der Waals surface area contributed by atoms with E-state index in [-0.39, 0.29) is 0 Å². The van der Waals surface area contributed by atoms with Crippen LogP contribution in [0.15, 0.2) is 39.5 Å². The lowest BCUT2D eigenvalue weighted by molar-refractivity contribution is 0.485. The maximum Gasteiger partial charge on any atom is 0.247 e. The second kappa shape index (κ2) is 75.6. The predicted molar refractivity (Wildman–Crippen MR) is 49.3 cm³/mol. The summed E-state index contributed by atoms with van der Waals surface area (Å²) in [6, 6.07) is 0. The molecule has 0 fully saturated rings. The molecule has 0 aromatic rings. The van der Waals surface area contributed by atoms with E-state index in [1.54, 1.807) is 0 Å². The van der Waals surface area contributed by atoms with Gasteiger partial charge in [-0.05, 0) is 0 Å². The third-order valence-corrected chi connectivity index (χ3v) is 0. The van der Waals surface area contributed by atoms with Gasteiger partial charge in [0.15, 0.2) is 0 Å². The Bertz CT molecular complexity index is 37.2. The first-order valence-electron chi connectivity index (χ1n) is 2.16. The maximum atomic E-state index is 7.45. The molecule has 0 aromatic carbocycles. The summed E-state index contributed by atoms with van der Waals surface area (Å²) in [7, 11) is -2.12. The molecule has 0 radical (unpaired) electrons. The van der Waals surface area contributed by atoms with E-state index in [4.69, 9.17) is 9.79 Å². The van der Waals surface area contributed by atoms with Gasteiger partial charge >= 0.3 is 0 Å². The smallest absolute Gasteiger partial charge is 0.247 e. The summed E-state index contributed by atoms with van der Waals surface area (Å²) in [5, 5.41) is 0. The van der Waals surface area contributed by atoms with E-state index in [0.29, 0.717) is 0 Å². The van der Waals surface area contributed by atoms with Crippen LogP contribution < -0.4 is 5.50 Å². The molecular formula is C6H16NO2P. The van der Waals surface area contributed by atoms with Crippen molar-refractivity contribution in [1.82, 2.24) is 0 Å². The summed E-state index contributed by atoms with van der Waals surface area (Å²) in [4.78, 5) is 14.9. The molecule has 0 heterocycles. The molecule has 0 amide bonds. The average Bonchev–Trinajstić information content (AvgIpc) is 1.98. The third-order valence-electron chi connectivity index (χ3n) is 0. The van der Waals surface area contributed by atoms with Crippen molar-refractivity contribution in [2.75, 3.05) is 0 Å². The summed E-state index contributed by atoms with van der Waals surface area (Å²) < 4.78 is 0. The van der Waals surface area contributed by atoms with Crippen molar-refractivity contribution in [2.45, 2.75) is 0 Å². The van der Waals surface area contributed by atoms with Crippen LogP contribution in [0.3, 0.4) is 0 Å². The molecule has 0 saturated heterocycles. The van der Waals surface area contributed by atoms with Crippen molar-refractivity contribution >= 4 is 8.53 Å². The molecule has 0 bridgehead atoms. The van der Waals surface area contributed by atoms with E-state index in [9.17, 15) is 0 Å². The molecule has 4 N–H and O–H groups in total. The third kappa shape index (κ3) is 1450. The fourth-order valence-electron chi connectivity index (χ4n) is 0. The SMILES string of the molecule is C=C.C=C.C=C.NP(O)O. The van der Waals surface area contributed by atoms with Crippen LogP contribution in [0.2, 0.25) is 0 Å². The zero-order chi connectivity index (χ0) is 9.58. The van der Waals surface area contributed by atoms with Gasteiger partial charge in [0.1, 0.15) is 0 Å². The highest BCUT2D eigenvalue weighted by Crippen LogP contribution is 2.05.